The molecule has 1 heterocycles. The van der Waals surface area contributed by atoms with Gasteiger partial charge in [0.25, 0.3) is 0 Å². The van der Waals surface area contributed by atoms with Gasteiger partial charge in [-0.1, -0.05) is 56.3 Å². The van der Waals surface area contributed by atoms with Gasteiger partial charge >= 0.3 is 6.09 Å². The number of carbonyl (C=O) groups excluding carboxylic acids is 2. The average Bonchev–Trinajstić information content (AvgIpc) is 3.08. The van der Waals surface area contributed by atoms with Crippen molar-refractivity contribution >= 4 is 12.0 Å². The number of nitrogens with one attached hydrogen (secondary N) is 2. The summed E-state index contributed by atoms with van der Waals surface area (Å²) in [5.74, 6) is 0.510. The van der Waals surface area contributed by atoms with Crippen LogP contribution in [0, 0.1) is 0 Å². The van der Waals surface area contributed by atoms with Crippen LogP contribution in [-0.2, 0) is 27.9 Å². The molecule has 1 aromatic heterocycles. The van der Waals surface area contributed by atoms with Gasteiger partial charge in [-0.2, -0.15) is 4.98 Å². The van der Waals surface area contributed by atoms with Crippen LogP contribution in [-0.4, -0.2) is 33.8 Å². The SMILES string of the molecule is CC(C)(C)OC(=O)N[C@@H](Cc1ccccc1)C(=O)NCc1noc(C(C)(C)C)n1. The molecule has 0 saturated heterocycles. The first-order valence-electron chi connectivity index (χ1n) is 9.58. The van der Waals surface area contributed by atoms with E-state index in [0.717, 1.165) is 5.56 Å². The summed E-state index contributed by atoms with van der Waals surface area (Å²) >= 11 is 0. The maximum absolute atomic E-state index is 12.8. The van der Waals surface area contributed by atoms with Crippen molar-refractivity contribution in [3.63, 3.8) is 0 Å². The van der Waals surface area contributed by atoms with Crippen molar-refractivity contribution in [2.45, 2.75) is 71.6 Å². The van der Waals surface area contributed by atoms with Crippen LogP contribution in [0.3, 0.4) is 0 Å². The Hall–Kier alpha value is -2.90. The van der Waals surface area contributed by atoms with Crippen LogP contribution < -0.4 is 10.6 Å². The molecule has 0 aliphatic heterocycles. The third-order valence-corrected chi connectivity index (χ3v) is 3.82. The third-order valence-electron chi connectivity index (χ3n) is 3.82. The molecule has 0 fully saturated rings. The van der Waals surface area contributed by atoms with Gasteiger partial charge in [0.2, 0.25) is 11.8 Å². The first-order chi connectivity index (χ1) is 13.4. The van der Waals surface area contributed by atoms with E-state index >= 15 is 0 Å². The lowest BCUT2D eigenvalue weighted by Crippen LogP contribution is -2.49. The molecule has 29 heavy (non-hydrogen) atoms. The van der Waals surface area contributed by atoms with Crippen molar-refractivity contribution in [1.29, 1.82) is 0 Å². The second-order valence-electron chi connectivity index (χ2n) is 8.87. The van der Waals surface area contributed by atoms with Crippen molar-refractivity contribution in [3.05, 3.63) is 47.6 Å². The number of alkyl carbamates (subject to hydrolysis) is 1. The Bertz CT molecular complexity index is 819. The van der Waals surface area contributed by atoms with Crippen LogP contribution in [0.1, 0.15) is 58.8 Å². The molecule has 158 valence electrons. The highest BCUT2D eigenvalue weighted by atomic mass is 16.6. The summed E-state index contributed by atoms with van der Waals surface area (Å²) in [6.45, 7) is 11.3. The van der Waals surface area contributed by atoms with E-state index in [-0.39, 0.29) is 17.9 Å². The molecule has 1 atom stereocenters. The van der Waals surface area contributed by atoms with Crippen LogP contribution >= 0.6 is 0 Å². The predicted octanol–water partition coefficient (Wildman–Crippen LogP) is 3.12. The second-order valence-corrected chi connectivity index (χ2v) is 8.87. The number of amides is 2. The molecule has 0 bridgehead atoms. The van der Waals surface area contributed by atoms with Gasteiger partial charge in [-0.25, -0.2) is 4.79 Å². The smallest absolute Gasteiger partial charge is 0.408 e. The van der Waals surface area contributed by atoms with Gasteiger partial charge in [0.15, 0.2) is 5.82 Å². The number of aromatic nitrogens is 2. The van der Waals surface area contributed by atoms with E-state index in [4.69, 9.17) is 9.26 Å². The number of rotatable bonds is 6. The largest absolute Gasteiger partial charge is 0.444 e. The van der Waals surface area contributed by atoms with Crippen LogP contribution in [0.2, 0.25) is 0 Å². The minimum atomic E-state index is -0.804. The lowest BCUT2D eigenvalue weighted by molar-refractivity contribution is -0.123. The van der Waals surface area contributed by atoms with Crippen molar-refractivity contribution in [3.8, 4) is 0 Å². The van der Waals surface area contributed by atoms with Crippen LogP contribution in [0.4, 0.5) is 4.79 Å². The van der Waals surface area contributed by atoms with Gasteiger partial charge in [0.05, 0.1) is 6.54 Å². The molecule has 0 aliphatic carbocycles. The number of benzene rings is 1. The number of carbonyl (C=O) groups is 2. The topological polar surface area (TPSA) is 106 Å². The normalized spacial score (nSPS) is 12.9. The lowest BCUT2D eigenvalue weighted by Gasteiger charge is -2.23. The molecule has 0 radical (unpaired) electrons. The molecule has 8 nitrogen and oxygen atoms in total. The molecule has 0 spiro atoms. The summed E-state index contributed by atoms with van der Waals surface area (Å²) in [5.41, 5.74) is -0.0202. The molecular weight excluding hydrogens is 372 g/mol. The zero-order valence-corrected chi connectivity index (χ0v) is 17.9. The molecule has 2 N–H and O–H groups in total. The number of hydrogen-bond donors (Lipinski definition) is 2. The van der Waals surface area contributed by atoms with Gasteiger partial charge in [-0.15, -0.1) is 0 Å². The zero-order chi connectivity index (χ0) is 21.7. The van der Waals surface area contributed by atoms with Crippen molar-refractivity contribution in [2.24, 2.45) is 0 Å². The van der Waals surface area contributed by atoms with Crippen LogP contribution in [0.5, 0.6) is 0 Å². The van der Waals surface area contributed by atoms with Crippen molar-refractivity contribution < 1.29 is 18.8 Å². The van der Waals surface area contributed by atoms with Crippen molar-refractivity contribution in [1.82, 2.24) is 20.8 Å². The van der Waals surface area contributed by atoms with E-state index < -0.39 is 17.7 Å². The Morgan fingerprint density at radius 3 is 2.31 bits per heavy atom. The Labute approximate surface area is 171 Å². The fraction of sp³-hybridized carbons (Fsp3) is 0.524. The van der Waals surface area contributed by atoms with Crippen molar-refractivity contribution in [2.75, 3.05) is 0 Å². The Kier molecular flexibility index (Phi) is 7.00. The third kappa shape index (κ3) is 7.56. The zero-order valence-electron chi connectivity index (χ0n) is 17.9. The quantitative estimate of drug-likeness (QED) is 0.769. The first-order valence-corrected chi connectivity index (χ1v) is 9.58. The summed E-state index contributed by atoms with van der Waals surface area (Å²) in [4.78, 5) is 29.3. The minimum Gasteiger partial charge on any atom is -0.444 e. The van der Waals surface area contributed by atoms with E-state index in [1.807, 2.05) is 51.1 Å². The number of hydrogen-bond acceptors (Lipinski definition) is 6. The van der Waals surface area contributed by atoms with Crippen LogP contribution in [0.15, 0.2) is 34.9 Å². The highest BCUT2D eigenvalue weighted by Crippen LogP contribution is 2.19. The Balaban J connectivity index is 2.05. The Morgan fingerprint density at radius 1 is 1.10 bits per heavy atom. The van der Waals surface area contributed by atoms with Gasteiger partial charge in [0, 0.05) is 11.8 Å². The molecule has 2 aromatic rings. The van der Waals surface area contributed by atoms with Gasteiger partial charge < -0.3 is 19.9 Å². The molecule has 2 amide bonds. The second kappa shape index (κ2) is 9.07. The molecule has 2 rings (SSSR count). The fourth-order valence-electron chi connectivity index (χ4n) is 2.43. The highest BCUT2D eigenvalue weighted by molar-refractivity contribution is 5.85. The summed E-state index contributed by atoms with van der Waals surface area (Å²) in [5, 5.41) is 9.30. The molecule has 0 saturated carbocycles. The van der Waals surface area contributed by atoms with E-state index in [1.165, 1.54) is 0 Å². The molecule has 8 heteroatoms. The summed E-state index contributed by atoms with van der Waals surface area (Å²) in [7, 11) is 0. The highest BCUT2D eigenvalue weighted by Gasteiger charge is 2.26. The summed E-state index contributed by atoms with van der Waals surface area (Å²) in [6.07, 6.45) is -0.325. The predicted molar refractivity (Wildman–Crippen MR) is 108 cm³/mol. The fourth-order valence-corrected chi connectivity index (χ4v) is 2.43. The maximum atomic E-state index is 12.8. The van der Waals surface area contributed by atoms with E-state index in [1.54, 1.807) is 20.8 Å². The molecule has 0 aliphatic rings. The van der Waals surface area contributed by atoms with E-state index in [9.17, 15) is 9.59 Å². The minimum absolute atomic E-state index is 0.0969. The van der Waals surface area contributed by atoms with E-state index in [0.29, 0.717) is 18.1 Å². The maximum Gasteiger partial charge on any atom is 0.408 e. The molecular formula is C21H30N4O4. The monoisotopic (exact) mass is 402 g/mol. The summed E-state index contributed by atoms with van der Waals surface area (Å²) in [6, 6.07) is 8.64. The van der Waals surface area contributed by atoms with E-state index in [2.05, 4.69) is 20.8 Å². The molecule has 0 unspecified atom stereocenters. The summed E-state index contributed by atoms with van der Waals surface area (Å²) < 4.78 is 10.5. The standard InChI is InChI=1S/C21H30N4O4/c1-20(2,3)18-24-16(25-29-18)13-22-17(26)15(12-14-10-8-7-9-11-14)23-19(27)28-21(4,5)6/h7-11,15H,12-13H2,1-6H3,(H,22,26)(H,23,27)/t15-/m0/s1. The van der Waals surface area contributed by atoms with Gasteiger partial charge in [0.1, 0.15) is 11.6 Å². The number of ether oxygens (including phenoxy) is 1. The van der Waals surface area contributed by atoms with Gasteiger partial charge in [-0.3, -0.25) is 4.79 Å². The first kappa shape index (κ1) is 22.4. The number of nitrogens with zero attached hydrogens (tertiary/aromatic N) is 2. The van der Waals surface area contributed by atoms with Crippen LogP contribution in [0.25, 0.3) is 0 Å². The lowest BCUT2D eigenvalue weighted by atomic mass is 9.97. The van der Waals surface area contributed by atoms with Gasteiger partial charge in [-0.05, 0) is 26.3 Å². The average molecular weight is 402 g/mol. The Morgan fingerprint density at radius 2 is 1.76 bits per heavy atom. The molecule has 1 aromatic carbocycles.